The quantitative estimate of drug-likeness (QED) is 0.799. The molecular formula is C16H12N2O2S. The molecule has 0 amide bonds. The minimum atomic E-state index is -3.72. The predicted molar refractivity (Wildman–Crippen MR) is 81.8 cm³/mol. The zero-order chi connectivity index (χ0) is 15.3. The first kappa shape index (κ1) is 14.6. The van der Waals surface area contributed by atoms with Gasteiger partial charge in [0.2, 0.25) is 0 Å². The van der Waals surface area contributed by atoms with Crippen molar-refractivity contribution in [2.24, 2.45) is 0 Å². The van der Waals surface area contributed by atoms with Crippen molar-refractivity contribution in [2.75, 3.05) is 11.4 Å². The van der Waals surface area contributed by atoms with Crippen LogP contribution in [0, 0.1) is 22.5 Å². The summed E-state index contributed by atoms with van der Waals surface area (Å²) >= 11 is 0. The topological polar surface area (TPSA) is 61.2 Å². The number of para-hydroxylation sites is 1. The minimum absolute atomic E-state index is 0.504. The van der Waals surface area contributed by atoms with E-state index in [2.05, 4.69) is 11.2 Å². The highest BCUT2D eigenvalue weighted by molar-refractivity contribution is 7.97. The number of sulfonamides is 1. The van der Waals surface area contributed by atoms with Gasteiger partial charge in [0.1, 0.15) is 0 Å². The highest BCUT2D eigenvalue weighted by atomic mass is 32.2. The van der Waals surface area contributed by atoms with Crippen molar-refractivity contribution < 1.29 is 8.42 Å². The van der Waals surface area contributed by atoms with Crippen LogP contribution in [0.4, 0.5) is 5.69 Å². The molecule has 21 heavy (non-hydrogen) atoms. The number of hydrogen-bond acceptors (Lipinski definition) is 3. The summed E-state index contributed by atoms with van der Waals surface area (Å²) in [5.41, 5.74) is 1.59. The van der Waals surface area contributed by atoms with Gasteiger partial charge in [-0.3, -0.25) is 4.31 Å². The van der Waals surface area contributed by atoms with Gasteiger partial charge in [-0.15, -0.1) is 0 Å². The van der Waals surface area contributed by atoms with Gasteiger partial charge in [-0.25, -0.2) is 0 Å². The molecule has 4 nitrogen and oxygen atoms in total. The Morgan fingerprint density at radius 1 is 0.952 bits per heavy atom. The molecule has 0 aliphatic carbocycles. The third-order valence-corrected chi connectivity index (χ3v) is 4.11. The number of benzene rings is 2. The van der Waals surface area contributed by atoms with Crippen LogP contribution in [-0.2, 0) is 10.0 Å². The monoisotopic (exact) mass is 296 g/mol. The standard InChI is InChI=1S/C16H12N2O2S/c1-18(16-5-3-2-4-6-16)21(19,20)12-11-14-7-9-15(13-17)10-8-14/h2-10H,1H3. The molecule has 0 heterocycles. The Labute approximate surface area is 124 Å². The van der Waals surface area contributed by atoms with Gasteiger partial charge in [-0.1, -0.05) is 18.2 Å². The number of nitrogens with zero attached hydrogens (tertiary/aromatic N) is 2. The molecule has 0 unspecified atom stereocenters. The third-order valence-electron chi connectivity index (χ3n) is 2.82. The lowest BCUT2D eigenvalue weighted by Gasteiger charge is -2.14. The summed E-state index contributed by atoms with van der Waals surface area (Å²) < 4.78 is 25.4. The number of anilines is 1. The van der Waals surface area contributed by atoms with Gasteiger partial charge in [0.25, 0.3) is 0 Å². The average Bonchev–Trinajstić information content (AvgIpc) is 2.53. The third kappa shape index (κ3) is 3.62. The second kappa shape index (κ2) is 6.13. The fourth-order valence-corrected chi connectivity index (χ4v) is 2.38. The highest BCUT2D eigenvalue weighted by Crippen LogP contribution is 2.14. The molecule has 0 radical (unpaired) electrons. The molecule has 0 bridgehead atoms. The molecule has 0 atom stereocenters. The summed E-state index contributed by atoms with van der Waals surface area (Å²) in [5, 5.41) is 11.0. The fraction of sp³-hybridized carbons (Fsp3) is 0.0625. The van der Waals surface area contributed by atoms with Crippen molar-refractivity contribution in [1.29, 1.82) is 5.26 Å². The maximum Gasteiger partial charge on any atom is 0.304 e. The van der Waals surface area contributed by atoms with Gasteiger partial charge < -0.3 is 0 Å². The van der Waals surface area contributed by atoms with Crippen LogP contribution >= 0.6 is 0 Å². The molecule has 0 N–H and O–H groups in total. The van der Waals surface area contributed by atoms with Crippen molar-refractivity contribution >= 4 is 15.7 Å². The maximum atomic E-state index is 12.1. The Morgan fingerprint density at radius 3 is 2.10 bits per heavy atom. The van der Waals surface area contributed by atoms with E-state index < -0.39 is 10.0 Å². The highest BCUT2D eigenvalue weighted by Gasteiger charge is 2.14. The SMILES string of the molecule is CN(c1ccccc1)S(=O)(=O)C#Cc1ccc(C#N)cc1. The number of hydrogen-bond donors (Lipinski definition) is 0. The Hall–Kier alpha value is -2.76. The van der Waals surface area contributed by atoms with Crippen LogP contribution in [0.15, 0.2) is 54.6 Å². The van der Waals surface area contributed by atoms with Gasteiger partial charge in [0, 0.05) is 12.6 Å². The lowest BCUT2D eigenvalue weighted by atomic mass is 10.2. The minimum Gasteiger partial charge on any atom is -0.263 e. The molecule has 2 rings (SSSR count). The van der Waals surface area contributed by atoms with Crippen molar-refractivity contribution in [3.63, 3.8) is 0 Å². The van der Waals surface area contributed by atoms with Crippen molar-refractivity contribution in [3.8, 4) is 17.2 Å². The van der Waals surface area contributed by atoms with Gasteiger partial charge in [-0.2, -0.15) is 13.7 Å². The van der Waals surface area contributed by atoms with Gasteiger partial charge in [0.15, 0.2) is 0 Å². The van der Waals surface area contributed by atoms with Crippen LogP contribution in [0.3, 0.4) is 0 Å². The molecule has 0 saturated heterocycles. The summed E-state index contributed by atoms with van der Waals surface area (Å²) in [6.45, 7) is 0. The van der Waals surface area contributed by atoms with E-state index in [1.54, 1.807) is 48.5 Å². The van der Waals surface area contributed by atoms with Gasteiger partial charge in [0.05, 0.1) is 22.6 Å². The van der Waals surface area contributed by atoms with E-state index >= 15 is 0 Å². The zero-order valence-electron chi connectivity index (χ0n) is 11.3. The van der Waals surface area contributed by atoms with Crippen molar-refractivity contribution in [3.05, 3.63) is 65.7 Å². The molecule has 0 aliphatic rings. The van der Waals surface area contributed by atoms with E-state index in [-0.39, 0.29) is 0 Å². The molecule has 0 aromatic heterocycles. The Balaban J connectivity index is 2.26. The molecule has 2 aromatic carbocycles. The molecule has 0 aliphatic heterocycles. The molecule has 5 heteroatoms. The Kier molecular flexibility index (Phi) is 4.27. The summed E-state index contributed by atoms with van der Waals surface area (Å²) in [4.78, 5) is 0. The van der Waals surface area contributed by atoms with Crippen LogP contribution in [0.25, 0.3) is 0 Å². The zero-order valence-corrected chi connectivity index (χ0v) is 12.1. The Bertz CT molecular complexity index is 824. The maximum absolute atomic E-state index is 12.1. The lowest BCUT2D eigenvalue weighted by Crippen LogP contribution is -2.24. The lowest BCUT2D eigenvalue weighted by molar-refractivity contribution is 0.604. The molecule has 0 fully saturated rings. The van der Waals surface area contributed by atoms with E-state index in [1.807, 2.05) is 12.1 Å². The van der Waals surface area contributed by atoms with Crippen molar-refractivity contribution in [1.82, 2.24) is 0 Å². The van der Waals surface area contributed by atoms with E-state index in [4.69, 9.17) is 5.26 Å². The summed E-state index contributed by atoms with van der Waals surface area (Å²) in [5.74, 6) is 2.60. The normalized spacial score (nSPS) is 10.1. The van der Waals surface area contributed by atoms with E-state index in [0.717, 1.165) is 4.31 Å². The Morgan fingerprint density at radius 2 is 1.52 bits per heavy atom. The summed E-state index contributed by atoms with van der Waals surface area (Å²) in [7, 11) is -2.26. The van der Waals surface area contributed by atoms with Crippen LogP contribution in [-0.4, -0.2) is 15.5 Å². The van der Waals surface area contributed by atoms with E-state index in [0.29, 0.717) is 16.8 Å². The van der Waals surface area contributed by atoms with Crippen LogP contribution in [0.1, 0.15) is 11.1 Å². The van der Waals surface area contributed by atoms with Gasteiger partial charge >= 0.3 is 10.0 Å². The molecule has 104 valence electrons. The number of nitriles is 1. The van der Waals surface area contributed by atoms with Gasteiger partial charge in [-0.05, 0) is 42.3 Å². The molecule has 0 spiro atoms. The van der Waals surface area contributed by atoms with Crippen molar-refractivity contribution in [2.45, 2.75) is 0 Å². The summed E-state index contributed by atoms with van der Waals surface area (Å²) in [6.07, 6.45) is 0. The number of rotatable bonds is 2. The van der Waals surface area contributed by atoms with Crippen LogP contribution in [0.2, 0.25) is 0 Å². The van der Waals surface area contributed by atoms with E-state index in [9.17, 15) is 8.42 Å². The first-order valence-electron chi connectivity index (χ1n) is 6.10. The summed E-state index contributed by atoms with van der Waals surface area (Å²) in [6, 6.07) is 17.1. The predicted octanol–water partition coefficient (Wildman–Crippen LogP) is 2.33. The van der Waals surface area contributed by atoms with E-state index in [1.165, 1.54) is 7.05 Å². The van der Waals surface area contributed by atoms with Crippen LogP contribution < -0.4 is 4.31 Å². The molecular weight excluding hydrogens is 284 g/mol. The molecule has 0 saturated carbocycles. The smallest absolute Gasteiger partial charge is 0.263 e. The fourth-order valence-electron chi connectivity index (χ4n) is 1.60. The first-order valence-corrected chi connectivity index (χ1v) is 7.54. The largest absolute Gasteiger partial charge is 0.304 e. The van der Waals surface area contributed by atoms with Crippen LogP contribution in [0.5, 0.6) is 0 Å². The second-order valence-corrected chi connectivity index (χ2v) is 5.93. The first-order chi connectivity index (χ1) is 10.0. The second-order valence-electron chi connectivity index (χ2n) is 4.22. The molecule has 2 aromatic rings. The average molecular weight is 296 g/mol.